The fraction of sp³-hybridized carbons (Fsp3) is 0.212. The van der Waals surface area contributed by atoms with Crippen LogP contribution in [0.15, 0.2) is 73.2 Å². The van der Waals surface area contributed by atoms with Crippen molar-refractivity contribution >= 4 is 50.3 Å². The molecule has 0 fully saturated rings. The minimum atomic E-state index is -1.13. The van der Waals surface area contributed by atoms with Crippen molar-refractivity contribution < 1.29 is 24.7 Å². The highest BCUT2D eigenvalue weighted by Crippen LogP contribution is 2.31. The minimum Gasteiger partial charge on any atom is -0.480 e. The number of nitrogens with two attached hydrogens (primary N) is 2. The van der Waals surface area contributed by atoms with E-state index in [4.69, 9.17) is 21.7 Å². The molecule has 3 aromatic heterocycles. The molecule has 0 unspecified atom stereocenters. The van der Waals surface area contributed by atoms with Crippen molar-refractivity contribution in [1.82, 2.24) is 15.0 Å². The van der Waals surface area contributed by atoms with Crippen LogP contribution in [0.5, 0.6) is 0 Å². The van der Waals surface area contributed by atoms with Gasteiger partial charge in [-0.2, -0.15) is 0 Å². The molecule has 234 valence electrons. The smallest absolute Gasteiger partial charge is 0.320 e. The van der Waals surface area contributed by atoms with Crippen LogP contribution in [0.1, 0.15) is 27.8 Å². The summed E-state index contributed by atoms with van der Waals surface area (Å²) in [4.78, 5) is 41.3. The van der Waals surface area contributed by atoms with E-state index in [1.165, 1.54) is 22.5 Å². The monoisotopic (exact) mass is 612 g/mol. The topological polar surface area (TPSA) is 217 Å². The molecule has 2 atom stereocenters. The van der Waals surface area contributed by atoms with Crippen LogP contribution in [-0.4, -0.2) is 54.1 Å². The van der Waals surface area contributed by atoms with Gasteiger partial charge < -0.3 is 36.6 Å². The summed E-state index contributed by atoms with van der Waals surface area (Å²) < 4.78 is 0. The first-order chi connectivity index (χ1) is 21.4. The number of hydrogen-bond acceptors (Lipinski definition) is 6. The minimum absolute atomic E-state index is 0.0413. The molecule has 0 amide bonds. The highest BCUT2D eigenvalue weighted by atomic mass is 16.6. The lowest BCUT2D eigenvalue weighted by Gasteiger charge is -2.05. The second kappa shape index (κ2) is 13.9. The lowest BCUT2D eigenvalue weighted by molar-refractivity contribution is -0.383. The highest BCUT2D eigenvalue weighted by Gasteiger charge is 2.21. The van der Waals surface area contributed by atoms with E-state index in [-0.39, 0.29) is 12.1 Å². The number of fused-ring (bicyclic) bond motifs is 3. The molecule has 12 nitrogen and oxygen atoms in total. The van der Waals surface area contributed by atoms with Gasteiger partial charge in [-0.15, -0.1) is 0 Å². The van der Waals surface area contributed by atoms with Crippen molar-refractivity contribution in [2.45, 2.75) is 45.7 Å². The molecule has 0 aliphatic heterocycles. The molecule has 0 bridgehead atoms. The molecule has 0 spiro atoms. The van der Waals surface area contributed by atoms with Crippen LogP contribution in [0.3, 0.4) is 0 Å². The number of aromatic amines is 3. The predicted molar refractivity (Wildman–Crippen MR) is 174 cm³/mol. The largest absolute Gasteiger partial charge is 0.480 e. The SMILES string of the molecule is Cc1ccc([N+](=O)[O-])c2c(C[C@H](N)C(=O)O)c[nH]c12.Cc1cccc2c(C[C@H](N)C(=O)O)c[nH]c12.Cc1cccc2cc[nH]c12. The third-order valence-corrected chi connectivity index (χ3v) is 7.62. The number of aryl methyl sites for hydroxylation is 3. The summed E-state index contributed by atoms with van der Waals surface area (Å²) >= 11 is 0. The average Bonchev–Trinajstić information content (AvgIpc) is 3.74. The number of carboxylic acid groups (broad SMARTS) is 2. The number of carboxylic acids is 2. The number of H-pyrrole nitrogens is 3. The van der Waals surface area contributed by atoms with Gasteiger partial charge in [-0.25, -0.2) is 0 Å². The van der Waals surface area contributed by atoms with Crippen LogP contribution in [0.2, 0.25) is 0 Å². The van der Waals surface area contributed by atoms with E-state index >= 15 is 0 Å². The van der Waals surface area contributed by atoms with Crippen LogP contribution in [0, 0.1) is 30.9 Å². The zero-order valence-electron chi connectivity index (χ0n) is 25.1. The number of benzene rings is 3. The Labute approximate surface area is 258 Å². The van der Waals surface area contributed by atoms with Gasteiger partial charge in [-0.3, -0.25) is 19.7 Å². The molecular formula is C33H36N6O6. The number of non-ortho nitro benzene ring substituents is 1. The molecule has 6 aromatic rings. The summed E-state index contributed by atoms with van der Waals surface area (Å²) in [6.07, 6.45) is 5.77. The normalized spacial score (nSPS) is 12.2. The van der Waals surface area contributed by atoms with E-state index < -0.39 is 28.9 Å². The Hall–Kier alpha value is -5.46. The van der Waals surface area contributed by atoms with Crippen molar-refractivity contribution in [2.24, 2.45) is 11.5 Å². The number of nitrogens with zero attached hydrogens (tertiary/aromatic N) is 1. The van der Waals surface area contributed by atoms with Gasteiger partial charge in [0.1, 0.15) is 12.1 Å². The molecule has 0 saturated heterocycles. The molecule has 3 aromatic carbocycles. The number of rotatable bonds is 7. The summed E-state index contributed by atoms with van der Waals surface area (Å²) in [5.41, 5.74) is 18.7. The first-order valence-electron chi connectivity index (χ1n) is 14.2. The molecule has 0 saturated carbocycles. The molecule has 12 heteroatoms. The third-order valence-electron chi connectivity index (χ3n) is 7.62. The number of nitro groups is 1. The summed E-state index contributed by atoms with van der Waals surface area (Å²) in [7, 11) is 0. The van der Waals surface area contributed by atoms with Crippen molar-refractivity contribution in [3.63, 3.8) is 0 Å². The van der Waals surface area contributed by atoms with Gasteiger partial charge in [-0.05, 0) is 60.0 Å². The van der Waals surface area contributed by atoms with Gasteiger partial charge in [0.25, 0.3) is 5.69 Å². The number of aromatic nitrogens is 3. The van der Waals surface area contributed by atoms with Gasteiger partial charge >= 0.3 is 11.9 Å². The Morgan fingerprint density at radius 1 is 0.756 bits per heavy atom. The number of nitrogens with one attached hydrogen (secondary N) is 3. The zero-order chi connectivity index (χ0) is 32.8. The quantitative estimate of drug-likeness (QED) is 0.0931. The maximum absolute atomic E-state index is 11.0. The second-order valence-corrected chi connectivity index (χ2v) is 10.8. The van der Waals surface area contributed by atoms with Gasteiger partial charge in [0.05, 0.1) is 15.8 Å². The second-order valence-electron chi connectivity index (χ2n) is 10.8. The number of aliphatic carboxylic acids is 2. The van der Waals surface area contributed by atoms with E-state index in [0.717, 1.165) is 27.6 Å². The van der Waals surface area contributed by atoms with E-state index in [1.807, 2.05) is 44.4 Å². The van der Waals surface area contributed by atoms with Crippen LogP contribution >= 0.6 is 0 Å². The summed E-state index contributed by atoms with van der Waals surface area (Å²) in [6, 6.07) is 15.5. The van der Waals surface area contributed by atoms with Gasteiger partial charge in [0, 0.05) is 53.9 Å². The average molecular weight is 613 g/mol. The van der Waals surface area contributed by atoms with Gasteiger partial charge in [-0.1, -0.05) is 42.5 Å². The number of hydrogen-bond donors (Lipinski definition) is 7. The Bertz CT molecular complexity index is 1990. The van der Waals surface area contributed by atoms with Crippen molar-refractivity contribution in [1.29, 1.82) is 0 Å². The molecule has 0 aliphatic carbocycles. The maximum atomic E-state index is 11.0. The van der Waals surface area contributed by atoms with Crippen LogP contribution < -0.4 is 11.5 Å². The standard InChI is InChI=1S/C12H13N3O4.C12H14N2O2.C9H9N/c1-6-2-3-9(15(18)19)10-7(5-14-11(6)10)4-8(13)12(16)17;1-7-3-2-4-9-8(6-14-11(7)9)5-10(13)12(15)16;1-7-3-2-4-8-5-6-10-9(7)8/h2-3,5,8,14H,4,13H2,1H3,(H,16,17);2-4,6,10,14H,5,13H2,1H3,(H,15,16);2-6,10H,1H3/t8-;10-;/m00./s1. The fourth-order valence-electron chi connectivity index (χ4n) is 5.17. The van der Waals surface area contributed by atoms with Gasteiger partial charge in [0.15, 0.2) is 0 Å². The van der Waals surface area contributed by atoms with E-state index in [9.17, 15) is 19.7 Å². The lowest BCUT2D eigenvalue weighted by Crippen LogP contribution is -2.32. The molecule has 3 heterocycles. The molecule has 0 radical (unpaired) electrons. The number of para-hydroxylation sites is 2. The molecule has 0 aliphatic rings. The van der Waals surface area contributed by atoms with Crippen molar-refractivity contribution in [3.8, 4) is 0 Å². The van der Waals surface area contributed by atoms with Crippen LogP contribution in [-0.2, 0) is 22.4 Å². The third kappa shape index (κ3) is 7.37. The molecule has 6 rings (SSSR count). The number of nitro benzene ring substituents is 1. The first-order valence-corrected chi connectivity index (χ1v) is 14.2. The Kier molecular flexibility index (Phi) is 10.0. The Morgan fingerprint density at radius 3 is 1.93 bits per heavy atom. The highest BCUT2D eigenvalue weighted by molar-refractivity contribution is 5.94. The number of carbonyl (C=O) groups is 2. The summed E-state index contributed by atoms with van der Waals surface area (Å²) in [5, 5.41) is 31.4. The predicted octanol–water partition coefficient (Wildman–Crippen LogP) is 5.25. The fourth-order valence-corrected chi connectivity index (χ4v) is 5.17. The van der Waals surface area contributed by atoms with Crippen LogP contribution in [0.4, 0.5) is 5.69 Å². The molecule has 9 N–H and O–H groups in total. The van der Waals surface area contributed by atoms with E-state index in [2.05, 4.69) is 46.1 Å². The summed E-state index contributed by atoms with van der Waals surface area (Å²) in [6.45, 7) is 5.95. The Morgan fingerprint density at radius 2 is 1.31 bits per heavy atom. The zero-order valence-corrected chi connectivity index (χ0v) is 25.1. The van der Waals surface area contributed by atoms with Crippen molar-refractivity contribution in [2.75, 3.05) is 0 Å². The van der Waals surface area contributed by atoms with Crippen LogP contribution in [0.25, 0.3) is 32.7 Å². The lowest BCUT2D eigenvalue weighted by atomic mass is 10.0. The van der Waals surface area contributed by atoms with E-state index in [1.54, 1.807) is 12.3 Å². The first kappa shape index (κ1) is 32.5. The molecular weight excluding hydrogens is 576 g/mol. The molecule has 45 heavy (non-hydrogen) atoms. The summed E-state index contributed by atoms with van der Waals surface area (Å²) in [5.74, 6) is -2.10. The van der Waals surface area contributed by atoms with Crippen molar-refractivity contribution in [3.05, 3.63) is 111 Å². The van der Waals surface area contributed by atoms with Gasteiger partial charge in [0.2, 0.25) is 0 Å². The van der Waals surface area contributed by atoms with E-state index in [0.29, 0.717) is 22.9 Å². The maximum Gasteiger partial charge on any atom is 0.320 e. The Balaban J connectivity index is 0.000000160.